The fourth-order valence-corrected chi connectivity index (χ4v) is 2.81. The second-order valence-electron chi connectivity index (χ2n) is 5.50. The van der Waals surface area contributed by atoms with E-state index in [-0.39, 0.29) is 17.9 Å². The molecule has 0 unspecified atom stereocenters. The molecular weight excluding hydrogens is 284 g/mol. The van der Waals surface area contributed by atoms with Crippen molar-refractivity contribution in [3.05, 3.63) is 29.8 Å². The van der Waals surface area contributed by atoms with E-state index in [9.17, 15) is 4.79 Å². The van der Waals surface area contributed by atoms with E-state index in [1.54, 1.807) is 13.2 Å². The minimum Gasteiger partial charge on any atom is -0.372 e. The minimum absolute atomic E-state index is 0.0385. The number of carbonyl (C=O) groups is 1. The Morgan fingerprint density at radius 3 is 3.00 bits per heavy atom. The predicted molar refractivity (Wildman–Crippen MR) is 78.0 cm³/mol. The second kappa shape index (κ2) is 6.27. The average molecular weight is 304 g/mol. The van der Waals surface area contributed by atoms with Gasteiger partial charge in [0, 0.05) is 39.4 Å². The van der Waals surface area contributed by atoms with Crippen LogP contribution in [0, 0.1) is 5.92 Å². The van der Waals surface area contributed by atoms with Crippen molar-refractivity contribution in [2.45, 2.75) is 18.9 Å². The van der Waals surface area contributed by atoms with Gasteiger partial charge in [-0.3, -0.25) is 9.48 Å². The van der Waals surface area contributed by atoms with Gasteiger partial charge in [0.25, 0.3) is 5.91 Å². The van der Waals surface area contributed by atoms with Crippen molar-refractivity contribution in [3.63, 3.8) is 0 Å². The average Bonchev–Trinajstić information content (AvgIpc) is 3.14. The number of hydrogen-bond acceptors (Lipinski definition) is 5. The molecule has 3 heterocycles. The van der Waals surface area contributed by atoms with Gasteiger partial charge in [0.15, 0.2) is 5.69 Å². The van der Waals surface area contributed by atoms with E-state index in [0.29, 0.717) is 12.2 Å². The summed E-state index contributed by atoms with van der Waals surface area (Å²) in [4.78, 5) is 13.4. The van der Waals surface area contributed by atoms with Gasteiger partial charge in [-0.25, -0.2) is 0 Å². The van der Waals surface area contributed by atoms with Gasteiger partial charge in [-0.1, -0.05) is 0 Å². The standard InChI is InChI=1S/C14H20N6O2/c1-19-12(5-6-16-19)13-10(4-3-7-22-13)8-15-14(21)11-9-17-20(2)18-11/h5-6,9-10,13H,3-4,7-8H2,1-2H3,(H,15,21)/t10-,13+/m0/s1. The van der Waals surface area contributed by atoms with E-state index in [0.717, 1.165) is 25.1 Å². The summed E-state index contributed by atoms with van der Waals surface area (Å²) in [6.45, 7) is 1.29. The Hall–Kier alpha value is -2.22. The largest absolute Gasteiger partial charge is 0.372 e. The Kier molecular flexibility index (Phi) is 4.19. The highest BCUT2D eigenvalue weighted by Gasteiger charge is 2.30. The van der Waals surface area contributed by atoms with Crippen molar-refractivity contribution >= 4 is 5.91 Å². The van der Waals surface area contributed by atoms with Crippen LogP contribution in [0.4, 0.5) is 0 Å². The lowest BCUT2D eigenvalue weighted by molar-refractivity contribution is -0.0317. The van der Waals surface area contributed by atoms with Crippen molar-refractivity contribution in [2.24, 2.45) is 20.0 Å². The lowest BCUT2D eigenvalue weighted by atomic mass is 9.92. The van der Waals surface area contributed by atoms with Crippen LogP contribution in [0.15, 0.2) is 18.5 Å². The molecule has 1 fully saturated rings. The molecule has 2 aromatic heterocycles. The van der Waals surface area contributed by atoms with Crippen LogP contribution in [-0.2, 0) is 18.8 Å². The summed E-state index contributed by atoms with van der Waals surface area (Å²) in [6, 6.07) is 1.97. The molecule has 8 heteroatoms. The molecule has 0 bridgehead atoms. The zero-order chi connectivity index (χ0) is 15.5. The Morgan fingerprint density at radius 1 is 1.45 bits per heavy atom. The van der Waals surface area contributed by atoms with Crippen LogP contribution in [0.5, 0.6) is 0 Å². The van der Waals surface area contributed by atoms with Crippen LogP contribution >= 0.6 is 0 Å². The second-order valence-corrected chi connectivity index (χ2v) is 5.50. The van der Waals surface area contributed by atoms with Crippen molar-refractivity contribution in [3.8, 4) is 0 Å². The zero-order valence-electron chi connectivity index (χ0n) is 12.8. The Morgan fingerprint density at radius 2 is 2.32 bits per heavy atom. The maximum absolute atomic E-state index is 12.1. The Bertz CT molecular complexity index is 649. The number of hydrogen-bond donors (Lipinski definition) is 1. The molecule has 3 rings (SSSR count). The summed E-state index contributed by atoms with van der Waals surface area (Å²) in [6.07, 6.45) is 5.20. The third-order valence-electron chi connectivity index (χ3n) is 3.95. The summed E-state index contributed by atoms with van der Waals surface area (Å²) in [7, 11) is 3.59. The van der Waals surface area contributed by atoms with E-state index < -0.39 is 0 Å². The van der Waals surface area contributed by atoms with E-state index in [2.05, 4.69) is 20.6 Å². The summed E-state index contributed by atoms with van der Waals surface area (Å²) in [5, 5.41) is 15.0. The van der Waals surface area contributed by atoms with Gasteiger partial charge >= 0.3 is 0 Å². The zero-order valence-corrected chi connectivity index (χ0v) is 12.8. The van der Waals surface area contributed by atoms with Crippen LogP contribution in [0.3, 0.4) is 0 Å². The van der Waals surface area contributed by atoms with Crippen molar-refractivity contribution in [1.82, 2.24) is 30.1 Å². The number of amides is 1. The van der Waals surface area contributed by atoms with Gasteiger partial charge in [-0.2, -0.15) is 15.0 Å². The van der Waals surface area contributed by atoms with Crippen LogP contribution in [0.1, 0.15) is 35.1 Å². The quantitative estimate of drug-likeness (QED) is 0.886. The third kappa shape index (κ3) is 3.01. The molecule has 0 aromatic carbocycles. The molecule has 0 saturated carbocycles. The maximum Gasteiger partial charge on any atom is 0.273 e. The number of nitrogens with one attached hydrogen (secondary N) is 1. The smallest absolute Gasteiger partial charge is 0.273 e. The first-order valence-electron chi connectivity index (χ1n) is 7.39. The van der Waals surface area contributed by atoms with Gasteiger partial charge in [-0.15, -0.1) is 5.10 Å². The molecule has 0 spiro atoms. The molecule has 8 nitrogen and oxygen atoms in total. The number of nitrogens with zero attached hydrogens (tertiary/aromatic N) is 5. The summed E-state index contributed by atoms with van der Waals surface area (Å²) < 4.78 is 7.74. The molecule has 0 aliphatic carbocycles. The van der Waals surface area contributed by atoms with Crippen molar-refractivity contribution < 1.29 is 9.53 Å². The topological polar surface area (TPSA) is 86.9 Å². The summed E-state index contributed by atoms with van der Waals surface area (Å²) >= 11 is 0. The fourth-order valence-electron chi connectivity index (χ4n) is 2.81. The van der Waals surface area contributed by atoms with Gasteiger partial charge in [0.2, 0.25) is 0 Å². The number of carbonyl (C=O) groups excluding carboxylic acids is 1. The van der Waals surface area contributed by atoms with Crippen LogP contribution in [0.2, 0.25) is 0 Å². The van der Waals surface area contributed by atoms with Crippen LogP contribution in [-0.4, -0.2) is 43.8 Å². The molecule has 0 radical (unpaired) electrons. The van der Waals surface area contributed by atoms with E-state index in [1.165, 1.54) is 11.0 Å². The minimum atomic E-state index is -0.206. The Balaban J connectivity index is 1.65. The predicted octanol–water partition coefficient (Wildman–Crippen LogP) is 0.446. The molecule has 1 amide bonds. The fraction of sp³-hybridized carbons (Fsp3) is 0.571. The Labute approximate surface area is 128 Å². The number of aryl methyl sites for hydroxylation is 2. The third-order valence-corrected chi connectivity index (χ3v) is 3.95. The number of aromatic nitrogens is 5. The highest BCUT2D eigenvalue weighted by molar-refractivity contribution is 5.91. The molecule has 1 aliphatic rings. The molecule has 22 heavy (non-hydrogen) atoms. The summed E-state index contributed by atoms with van der Waals surface area (Å²) in [5.74, 6) is 0.0206. The number of rotatable bonds is 4. The van der Waals surface area contributed by atoms with Gasteiger partial charge in [-0.05, 0) is 18.9 Å². The molecule has 1 aliphatic heterocycles. The van der Waals surface area contributed by atoms with Crippen LogP contribution in [0.25, 0.3) is 0 Å². The van der Waals surface area contributed by atoms with Gasteiger partial charge < -0.3 is 10.1 Å². The molecular formula is C14H20N6O2. The SMILES string of the molecule is Cn1ncc(C(=O)NC[C@@H]2CCCO[C@H]2c2ccnn2C)n1. The first-order chi connectivity index (χ1) is 10.6. The number of ether oxygens (including phenoxy) is 1. The molecule has 2 atom stereocenters. The van der Waals surface area contributed by atoms with E-state index in [4.69, 9.17) is 4.74 Å². The van der Waals surface area contributed by atoms with Crippen molar-refractivity contribution in [1.29, 1.82) is 0 Å². The monoisotopic (exact) mass is 304 g/mol. The molecule has 1 N–H and O–H groups in total. The van der Waals surface area contributed by atoms with Crippen LogP contribution < -0.4 is 5.32 Å². The molecule has 118 valence electrons. The van der Waals surface area contributed by atoms with Gasteiger partial charge in [0.1, 0.15) is 6.10 Å². The van der Waals surface area contributed by atoms with E-state index >= 15 is 0 Å². The molecule has 2 aromatic rings. The maximum atomic E-state index is 12.1. The van der Waals surface area contributed by atoms with E-state index in [1.807, 2.05) is 17.8 Å². The summed E-state index contributed by atoms with van der Waals surface area (Å²) in [5.41, 5.74) is 1.37. The first kappa shape index (κ1) is 14.7. The van der Waals surface area contributed by atoms with Gasteiger partial charge in [0.05, 0.1) is 11.9 Å². The lowest BCUT2D eigenvalue weighted by Crippen LogP contribution is -2.36. The lowest BCUT2D eigenvalue weighted by Gasteiger charge is -2.31. The normalized spacial score (nSPS) is 21.7. The first-order valence-corrected chi connectivity index (χ1v) is 7.39. The highest BCUT2D eigenvalue weighted by Crippen LogP contribution is 2.32. The highest BCUT2D eigenvalue weighted by atomic mass is 16.5. The van der Waals surface area contributed by atoms with Crippen molar-refractivity contribution in [2.75, 3.05) is 13.2 Å². The molecule has 1 saturated heterocycles.